The molecule has 0 bridgehead atoms. The molecule has 7 heteroatoms. The molecule has 114 valence electrons. The van der Waals surface area contributed by atoms with Gasteiger partial charge in [0.25, 0.3) is 6.01 Å². The van der Waals surface area contributed by atoms with E-state index in [1.165, 1.54) is 14.2 Å². The quantitative estimate of drug-likeness (QED) is 0.632. The van der Waals surface area contributed by atoms with Crippen LogP contribution in [0.5, 0.6) is 0 Å². The average molecular weight is 294 g/mol. The third-order valence-electron chi connectivity index (χ3n) is 2.94. The Labute approximate surface area is 122 Å². The minimum atomic E-state index is -0.981. The minimum absolute atomic E-state index is 0.0471. The van der Waals surface area contributed by atoms with E-state index in [-0.39, 0.29) is 13.2 Å². The molecule has 1 aromatic heterocycles. The number of carbonyl (C=O) groups excluding carboxylic acids is 1. The van der Waals surface area contributed by atoms with E-state index in [0.717, 1.165) is 0 Å². The fraction of sp³-hybridized carbons (Fsp3) is 0.429. The van der Waals surface area contributed by atoms with Crippen molar-refractivity contribution >= 4 is 12.0 Å². The van der Waals surface area contributed by atoms with Gasteiger partial charge in [0.05, 0.1) is 13.3 Å². The Morgan fingerprint density at radius 2 is 2.33 bits per heavy atom. The first-order chi connectivity index (χ1) is 10.1. The molecule has 1 heterocycles. The van der Waals surface area contributed by atoms with Gasteiger partial charge in [-0.25, -0.2) is 9.78 Å². The van der Waals surface area contributed by atoms with Gasteiger partial charge in [0, 0.05) is 19.1 Å². The summed E-state index contributed by atoms with van der Waals surface area (Å²) >= 11 is 0. The Kier molecular flexibility index (Phi) is 4.77. The average Bonchev–Trinajstić information content (AvgIpc) is 2.89. The van der Waals surface area contributed by atoms with Crippen molar-refractivity contribution in [1.29, 1.82) is 0 Å². The van der Waals surface area contributed by atoms with Gasteiger partial charge in [-0.2, -0.15) is 0 Å². The van der Waals surface area contributed by atoms with Crippen molar-refractivity contribution in [2.75, 3.05) is 26.3 Å². The highest BCUT2D eigenvalue weighted by Crippen LogP contribution is 2.29. The smallest absolute Gasteiger partial charge is 0.333 e. The summed E-state index contributed by atoms with van der Waals surface area (Å²) in [7, 11) is 2.86. The molecule has 1 atom stereocenters. The molecule has 1 aromatic rings. The number of hydrogen-bond donors (Lipinski definition) is 1. The maximum absolute atomic E-state index is 11.7. The van der Waals surface area contributed by atoms with Crippen LogP contribution in [0, 0.1) is 6.92 Å². The first-order valence-corrected chi connectivity index (χ1v) is 6.39. The van der Waals surface area contributed by atoms with Crippen molar-refractivity contribution < 1.29 is 23.4 Å². The lowest BCUT2D eigenvalue weighted by Crippen LogP contribution is -2.42. The molecule has 0 aliphatic heterocycles. The van der Waals surface area contributed by atoms with Gasteiger partial charge in [0.1, 0.15) is 12.6 Å². The number of nitrogens with zero attached hydrogens (tertiary/aromatic N) is 1. The van der Waals surface area contributed by atoms with Gasteiger partial charge in [-0.1, -0.05) is 12.2 Å². The van der Waals surface area contributed by atoms with E-state index in [1.54, 1.807) is 31.3 Å². The fourth-order valence-corrected chi connectivity index (χ4v) is 1.97. The maximum atomic E-state index is 11.7. The monoisotopic (exact) mass is 294 g/mol. The molecule has 0 spiro atoms. The van der Waals surface area contributed by atoms with E-state index in [0.29, 0.717) is 17.3 Å². The molecule has 1 aliphatic carbocycles. The maximum Gasteiger partial charge on any atom is 0.333 e. The summed E-state index contributed by atoms with van der Waals surface area (Å²) in [6.07, 6.45) is 7.03. The molecule has 0 aromatic carbocycles. The highest BCUT2D eigenvalue weighted by atomic mass is 16.7. The normalized spacial score (nSPS) is 21.0. The number of rotatable bonds is 6. The Hall–Kier alpha value is -2.12. The number of anilines is 1. The lowest BCUT2D eigenvalue weighted by molar-refractivity contribution is -0.138. The summed E-state index contributed by atoms with van der Waals surface area (Å²) in [6.45, 7) is 1.84. The molecule has 0 saturated carbocycles. The van der Waals surface area contributed by atoms with Crippen LogP contribution < -0.4 is 5.32 Å². The zero-order chi connectivity index (χ0) is 15.3. The molecule has 0 saturated heterocycles. The lowest BCUT2D eigenvalue weighted by Gasteiger charge is -2.33. The van der Waals surface area contributed by atoms with Gasteiger partial charge in [-0.15, -0.1) is 0 Å². The highest BCUT2D eigenvalue weighted by molar-refractivity contribution is 5.89. The SMILES string of the molecule is COCOC1(Nc2ncc(C)o2)C=CC=C(C(=O)OC)C1. The van der Waals surface area contributed by atoms with Gasteiger partial charge in [0.15, 0.2) is 5.72 Å². The molecule has 2 rings (SSSR count). The zero-order valence-electron chi connectivity index (χ0n) is 12.2. The molecule has 1 N–H and O–H groups in total. The van der Waals surface area contributed by atoms with Crippen LogP contribution in [0.3, 0.4) is 0 Å². The van der Waals surface area contributed by atoms with Gasteiger partial charge >= 0.3 is 5.97 Å². The summed E-state index contributed by atoms with van der Waals surface area (Å²) < 4.78 is 20.8. The second-order valence-corrected chi connectivity index (χ2v) is 4.56. The topological polar surface area (TPSA) is 82.8 Å². The second kappa shape index (κ2) is 6.55. The number of aryl methyl sites for hydroxylation is 1. The summed E-state index contributed by atoms with van der Waals surface area (Å²) in [6, 6.07) is 0.305. The van der Waals surface area contributed by atoms with Crippen LogP contribution >= 0.6 is 0 Å². The Morgan fingerprint density at radius 3 is 2.95 bits per heavy atom. The Morgan fingerprint density at radius 1 is 1.52 bits per heavy atom. The number of hydrogen-bond acceptors (Lipinski definition) is 7. The molecule has 1 aliphatic rings. The molecule has 1 unspecified atom stereocenters. The van der Waals surface area contributed by atoms with Crippen LogP contribution in [0.2, 0.25) is 0 Å². The summed E-state index contributed by atoms with van der Waals surface area (Å²) in [5.41, 5.74) is -0.502. The number of nitrogens with one attached hydrogen (secondary N) is 1. The number of carbonyl (C=O) groups is 1. The molecular weight excluding hydrogens is 276 g/mol. The Bertz CT molecular complexity index is 563. The lowest BCUT2D eigenvalue weighted by atomic mass is 9.97. The molecule has 0 amide bonds. The first kappa shape index (κ1) is 15.3. The third-order valence-corrected chi connectivity index (χ3v) is 2.94. The highest BCUT2D eigenvalue weighted by Gasteiger charge is 2.35. The predicted molar refractivity (Wildman–Crippen MR) is 74.4 cm³/mol. The van der Waals surface area contributed by atoms with Crippen molar-refractivity contribution in [3.63, 3.8) is 0 Å². The molecule has 0 fully saturated rings. The van der Waals surface area contributed by atoms with Crippen molar-refractivity contribution in [1.82, 2.24) is 4.98 Å². The van der Waals surface area contributed by atoms with E-state index in [1.807, 2.05) is 0 Å². The van der Waals surface area contributed by atoms with Crippen LogP contribution in [0.25, 0.3) is 0 Å². The van der Waals surface area contributed by atoms with E-state index in [4.69, 9.17) is 18.6 Å². The number of allylic oxidation sites excluding steroid dienone is 2. The number of oxazole rings is 1. The van der Waals surface area contributed by atoms with E-state index < -0.39 is 11.7 Å². The fourth-order valence-electron chi connectivity index (χ4n) is 1.97. The summed E-state index contributed by atoms with van der Waals surface area (Å²) in [4.78, 5) is 15.8. The van der Waals surface area contributed by atoms with Crippen molar-refractivity contribution in [3.05, 3.63) is 35.8 Å². The summed E-state index contributed by atoms with van der Waals surface area (Å²) in [5.74, 6) is 0.262. The Balaban J connectivity index is 2.20. The van der Waals surface area contributed by atoms with Gasteiger partial charge in [-0.3, -0.25) is 0 Å². The van der Waals surface area contributed by atoms with E-state index in [9.17, 15) is 4.79 Å². The van der Waals surface area contributed by atoms with Crippen LogP contribution in [0.15, 0.2) is 34.4 Å². The number of methoxy groups -OCH3 is 2. The number of ether oxygens (including phenoxy) is 3. The van der Waals surface area contributed by atoms with Gasteiger partial charge in [-0.05, 0) is 13.0 Å². The second-order valence-electron chi connectivity index (χ2n) is 4.56. The van der Waals surface area contributed by atoms with Crippen LogP contribution in [-0.4, -0.2) is 37.7 Å². The number of aromatic nitrogens is 1. The van der Waals surface area contributed by atoms with Crippen molar-refractivity contribution in [2.24, 2.45) is 0 Å². The van der Waals surface area contributed by atoms with Crippen molar-refractivity contribution in [2.45, 2.75) is 19.1 Å². The standard InChI is InChI=1S/C14H18N2O5/c1-10-8-15-13(21-10)16-14(20-9-18-2)6-4-5-11(7-14)12(17)19-3/h4-6,8H,7,9H2,1-3H3,(H,15,16). The van der Waals surface area contributed by atoms with Gasteiger partial charge in [0.2, 0.25) is 0 Å². The third kappa shape index (κ3) is 3.71. The van der Waals surface area contributed by atoms with Crippen LogP contribution in [0.4, 0.5) is 6.01 Å². The minimum Gasteiger partial charge on any atom is -0.466 e. The first-order valence-electron chi connectivity index (χ1n) is 6.39. The van der Waals surface area contributed by atoms with Crippen molar-refractivity contribution in [3.8, 4) is 0 Å². The molecular formula is C14H18N2O5. The van der Waals surface area contributed by atoms with E-state index >= 15 is 0 Å². The zero-order valence-corrected chi connectivity index (χ0v) is 12.2. The summed E-state index contributed by atoms with van der Waals surface area (Å²) in [5, 5.41) is 3.04. The number of esters is 1. The molecule has 0 radical (unpaired) electrons. The molecule has 21 heavy (non-hydrogen) atoms. The van der Waals surface area contributed by atoms with Crippen LogP contribution in [0.1, 0.15) is 12.2 Å². The molecule has 7 nitrogen and oxygen atoms in total. The van der Waals surface area contributed by atoms with E-state index in [2.05, 4.69) is 10.3 Å². The van der Waals surface area contributed by atoms with Crippen LogP contribution in [-0.2, 0) is 19.0 Å². The van der Waals surface area contributed by atoms with Gasteiger partial charge < -0.3 is 23.9 Å². The predicted octanol–water partition coefficient (Wildman–Crippen LogP) is 1.77. The largest absolute Gasteiger partial charge is 0.466 e.